The second-order valence-corrected chi connectivity index (χ2v) is 7.24. The Balaban J connectivity index is 1.74. The van der Waals surface area contributed by atoms with Gasteiger partial charge in [0, 0.05) is 52.6 Å². The first-order valence-electron chi connectivity index (χ1n) is 9.53. The predicted molar refractivity (Wildman–Crippen MR) is 121 cm³/mol. The molecule has 0 saturated carbocycles. The van der Waals surface area contributed by atoms with Crippen molar-refractivity contribution in [3.8, 4) is 22.5 Å². The van der Waals surface area contributed by atoms with Crippen molar-refractivity contribution in [1.82, 2.24) is 19.9 Å². The number of benzene rings is 2. The molecule has 0 aliphatic heterocycles. The van der Waals surface area contributed by atoms with Gasteiger partial charge in [-0.05, 0) is 42.5 Å². The van der Waals surface area contributed by atoms with Gasteiger partial charge in [-0.3, -0.25) is 9.97 Å². The van der Waals surface area contributed by atoms with Crippen molar-refractivity contribution in [3.05, 3.63) is 96.3 Å². The molecule has 0 saturated heterocycles. The Morgan fingerprint density at radius 1 is 0.806 bits per heavy atom. The zero-order valence-corrected chi connectivity index (χ0v) is 16.9. The summed E-state index contributed by atoms with van der Waals surface area (Å²) in [7, 11) is 0. The average Bonchev–Trinajstić information content (AvgIpc) is 2.82. The maximum Gasteiger partial charge on any atom is 0.163 e. The summed E-state index contributed by atoms with van der Waals surface area (Å²) in [6, 6.07) is 18.0. The summed E-state index contributed by atoms with van der Waals surface area (Å²) in [5.74, 6) is 0.625. The zero-order chi connectivity index (χ0) is 21.2. The topological polar surface area (TPSA) is 63.6 Å². The number of nitrogens with one attached hydrogen (secondary N) is 1. The number of hydrogen-bond acceptors (Lipinski definition) is 5. The minimum absolute atomic E-state index is 0.0342. The summed E-state index contributed by atoms with van der Waals surface area (Å²) in [5.41, 5.74) is 4.04. The minimum atomic E-state index is -0.477. The first kappa shape index (κ1) is 19.1. The molecule has 0 radical (unpaired) electrons. The first-order valence-corrected chi connectivity index (χ1v) is 9.90. The lowest BCUT2D eigenvalue weighted by molar-refractivity contribution is 0.628. The van der Waals surface area contributed by atoms with Crippen LogP contribution in [0.2, 0.25) is 5.02 Å². The van der Waals surface area contributed by atoms with Crippen LogP contribution in [0.3, 0.4) is 0 Å². The minimum Gasteiger partial charge on any atom is -0.340 e. The highest BCUT2D eigenvalue weighted by Gasteiger charge is 2.14. The van der Waals surface area contributed by atoms with E-state index in [1.807, 2.05) is 42.5 Å². The second-order valence-electron chi connectivity index (χ2n) is 6.83. The molecule has 0 aliphatic rings. The van der Waals surface area contributed by atoms with Gasteiger partial charge in [-0.2, -0.15) is 0 Å². The van der Waals surface area contributed by atoms with Gasteiger partial charge >= 0.3 is 0 Å². The molecule has 0 unspecified atom stereocenters. The van der Waals surface area contributed by atoms with E-state index in [0.717, 1.165) is 27.6 Å². The monoisotopic (exact) mass is 427 g/mol. The van der Waals surface area contributed by atoms with Crippen LogP contribution < -0.4 is 5.32 Å². The third kappa shape index (κ3) is 3.81. The van der Waals surface area contributed by atoms with Crippen LogP contribution in [0.5, 0.6) is 0 Å². The Morgan fingerprint density at radius 3 is 2.29 bits per heavy atom. The number of para-hydroxylation sites is 1. The number of fused-ring (bicyclic) bond motifs is 1. The molecule has 31 heavy (non-hydrogen) atoms. The van der Waals surface area contributed by atoms with Gasteiger partial charge in [0.05, 0.1) is 10.5 Å². The van der Waals surface area contributed by atoms with E-state index in [-0.39, 0.29) is 5.02 Å². The smallest absolute Gasteiger partial charge is 0.163 e. The fourth-order valence-corrected chi connectivity index (χ4v) is 3.52. The Bertz CT molecular complexity index is 1380. The molecule has 5 nitrogen and oxygen atoms in total. The summed E-state index contributed by atoms with van der Waals surface area (Å²) >= 11 is 5.97. The van der Waals surface area contributed by atoms with Crippen LogP contribution in [0, 0.1) is 5.82 Å². The summed E-state index contributed by atoms with van der Waals surface area (Å²) in [5, 5.41) is 4.11. The molecule has 3 heterocycles. The van der Waals surface area contributed by atoms with Crippen LogP contribution in [0.25, 0.3) is 33.4 Å². The highest BCUT2D eigenvalue weighted by atomic mass is 35.5. The molecule has 0 amide bonds. The number of rotatable bonds is 4. The lowest BCUT2D eigenvalue weighted by Crippen LogP contribution is -2.01. The van der Waals surface area contributed by atoms with Crippen molar-refractivity contribution < 1.29 is 4.39 Å². The van der Waals surface area contributed by atoms with Crippen molar-refractivity contribution in [3.63, 3.8) is 0 Å². The Kier molecular flexibility index (Phi) is 4.98. The van der Waals surface area contributed by atoms with E-state index in [0.29, 0.717) is 17.3 Å². The molecule has 150 valence electrons. The first-order chi connectivity index (χ1) is 15.2. The fraction of sp³-hybridized carbons (Fsp3) is 0. The lowest BCUT2D eigenvalue weighted by atomic mass is 10.0. The largest absolute Gasteiger partial charge is 0.340 e. The van der Waals surface area contributed by atoms with E-state index in [4.69, 9.17) is 21.6 Å². The number of nitrogens with zero attached hydrogens (tertiary/aromatic N) is 4. The zero-order valence-electron chi connectivity index (χ0n) is 16.1. The summed E-state index contributed by atoms with van der Waals surface area (Å²) in [6.07, 6.45) is 6.95. The number of halogens is 2. The maximum absolute atomic E-state index is 13.6. The van der Waals surface area contributed by atoms with Gasteiger partial charge in [0.15, 0.2) is 5.82 Å². The predicted octanol–water partition coefficient (Wildman–Crippen LogP) is 6.29. The normalized spacial score (nSPS) is 10.9. The van der Waals surface area contributed by atoms with Crippen molar-refractivity contribution in [2.24, 2.45) is 0 Å². The summed E-state index contributed by atoms with van der Waals surface area (Å²) in [6.45, 7) is 0. The Labute approximate surface area is 182 Å². The molecule has 1 N–H and O–H groups in total. The summed E-state index contributed by atoms with van der Waals surface area (Å²) in [4.78, 5) is 18.0. The van der Waals surface area contributed by atoms with Gasteiger partial charge in [0.1, 0.15) is 11.6 Å². The van der Waals surface area contributed by atoms with Crippen LogP contribution in [0.15, 0.2) is 85.5 Å². The molecular weight excluding hydrogens is 413 g/mol. The molecule has 2 aromatic carbocycles. The number of pyridine rings is 2. The fourth-order valence-electron chi connectivity index (χ4n) is 3.34. The second kappa shape index (κ2) is 8.08. The van der Waals surface area contributed by atoms with Crippen molar-refractivity contribution in [1.29, 1.82) is 0 Å². The lowest BCUT2D eigenvalue weighted by Gasteiger charge is -2.14. The van der Waals surface area contributed by atoms with Gasteiger partial charge in [-0.25, -0.2) is 14.4 Å². The molecule has 0 aliphatic carbocycles. The molecule has 7 heteroatoms. The standard InChI is InChI=1S/C24H15ClFN5/c25-20-12-17(8-9-21(20)26)29-24-19-7-1-6-18(15-4-2-10-27-13-15)22(19)30-23(31-24)16-5-3-11-28-14-16/h1-14H,(H,29,30,31). The van der Waals surface area contributed by atoms with Gasteiger partial charge in [-0.1, -0.05) is 29.8 Å². The van der Waals surface area contributed by atoms with Crippen molar-refractivity contribution in [2.45, 2.75) is 0 Å². The van der Waals surface area contributed by atoms with Crippen LogP contribution in [-0.2, 0) is 0 Å². The third-order valence-corrected chi connectivity index (χ3v) is 5.09. The van der Waals surface area contributed by atoms with Gasteiger partial charge in [-0.15, -0.1) is 0 Å². The van der Waals surface area contributed by atoms with Crippen molar-refractivity contribution >= 4 is 34.0 Å². The van der Waals surface area contributed by atoms with Gasteiger partial charge in [0.2, 0.25) is 0 Å². The van der Waals surface area contributed by atoms with E-state index < -0.39 is 5.82 Å². The number of anilines is 2. The molecular formula is C24H15ClFN5. The van der Waals surface area contributed by atoms with E-state index in [1.54, 1.807) is 30.9 Å². The summed E-state index contributed by atoms with van der Waals surface area (Å²) < 4.78 is 13.6. The average molecular weight is 428 g/mol. The Morgan fingerprint density at radius 2 is 1.58 bits per heavy atom. The Hall–Kier alpha value is -3.90. The highest BCUT2D eigenvalue weighted by molar-refractivity contribution is 6.31. The number of hydrogen-bond donors (Lipinski definition) is 1. The SMILES string of the molecule is Fc1ccc(Nc2nc(-c3cccnc3)nc3c(-c4cccnc4)cccc23)cc1Cl. The van der Waals surface area contributed by atoms with E-state index in [2.05, 4.69) is 15.3 Å². The molecule has 0 fully saturated rings. The van der Waals surface area contributed by atoms with Gasteiger partial charge in [0.25, 0.3) is 0 Å². The van der Waals surface area contributed by atoms with Crippen LogP contribution in [-0.4, -0.2) is 19.9 Å². The van der Waals surface area contributed by atoms with E-state index >= 15 is 0 Å². The quantitative estimate of drug-likeness (QED) is 0.365. The molecule has 3 aromatic heterocycles. The molecule has 5 rings (SSSR count). The third-order valence-electron chi connectivity index (χ3n) is 4.80. The molecule has 0 atom stereocenters. The molecule has 5 aromatic rings. The maximum atomic E-state index is 13.6. The van der Waals surface area contributed by atoms with E-state index in [9.17, 15) is 4.39 Å². The molecule has 0 spiro atoms. The van der Waals surface area contributed by atoms with Crippen LogP contribution in [0.1, 0.15) is 0 Å². The van der Waals surface area contributed by atoms with Gasteiger partial charge < -0.3 is 5.32 Å². The van der Waals surface area contributed by atoms with E-state index in [1.165, 1.54) is 12.1 Å². The van der Waals surface area contributed by atoms with Crippen molar-refractivity contribution in [2.75, 3.05) is 5.32 Å². The van der Waals surface area contributed by atoms with Crippen LogP contribution in [0.4, 0.5) is 15.9 Å². The van der Waals surface area contributed by atoms with Crippen LogP contribution >= 0.6 is 11.6 Å². The highest BCUT2D eigenvalue weighted by Crippen LogP contribution is 2.33. The number of aromatic nitrogens is 4. The molecule has 0 bridgehead atoms.